The normalized spacial score (nSPS) is 23.2. The van der Waals surface area contributed by atoms with E-state index in [0.29, 0.717) is 10.9 Å². The largest absolute Gasteiger partial charge is 0.474 e. The Bertz CT molecular complexity index is 552. The summed E-state index contributed by atoms with van der Waals surface area (Å²) in [6.07, 6.45) is 4.83. The Labute approximate surface area is 131 Å². The van der Waals surface area contributed by atoms with Crippen molar-refractivity contribution >= 4 is 21.6 Å². The van der Waals surface area contributed by atoms with Crippen molar-refractivity contribution in [3.63, 3.8) is 0 Å². The van der Waals surface area contributed by atoms with Gasteiger partial charge in [0.2, 0.25) is 15.9 Å². The molecule has 2 rings (SSSR count). The number of aromatic nitrogens is 1. The standard InChI is InChI=1S/C14H21ClN2O3S/c1-10(2)21(18,19)17-12-4-6-13(7-5-12)20-14-8-3-11(15)9-16-14/h3,8-10,12-13,17H,4-7H2,1-2H3. The molecule has 1 aliphatic carbocycles. The van der Waals surface area contributed by atoms with Crippen molar-refractivity contribution in [3.05, 3.63) is 23.4 Å². The lowest BCUT2D eigenvalue weighted by molar-refractivity contribution is 0.138. The van der Waals surface area contributed by atoms with Gasteiger partial charge in [-0.15, -0.1) is 0 Å². The molecule has 1 fully saturated rings. The SMILES string of the molecule is CC(C)S(=O)(=O)NC1CCC(Oc2ccc(Cl)cn2)CC1. The first-order chi connectivity index (χ1) is 9.87. The van der Waals surface area contributed by atoms with E-state index in [9.17, 15) is 8.42 Å². The van der Waals surface area contributed by atoms with Gasteiger partial charge in [0, 0.05) is 18.3 Å². The van der Waals surface area contributed by atoms with Gasteiger partial charge in [-0.05, 0) is 45.6 Å². The van der Waals surface area contributed by atoms with E-state index in [4.69, 9.17) is 16.3 Å². The van der Waals surface area contributed by atoms with Crippen LogP contribution in [0.5, 0.6) is 5.88 Å². The molecule has 0 radical (unpaired) electrons. The minimum absolute atomic E-state index is 0.00965. The van der Waals surface area contributed by atoms with Crippen molar-refractivity contribution in [3.8, 4) is 5.88 Å². The zero-order valence-corrected chi connectivity index (χ0v) is 13.8. The lowest BCUT2D eigenvalue weighted by Gasteiger charge is -2.29. The number of sulfonamides is 1. The van der Waals surface area contributed by atoms with Crippen LogP contribution in [0.15, 0.2) is 18.3 Å². The zero-order valence-electron chi connectivity index (χ0n) is 12.3. The molecule has 0 unspecified atom stereocenters. The molecule has 0 amide bonds. The number of pyridine rings is 1. The molecule has 0 aliphatic heterocycles. The number of hydrogen-bond acceptors (Lipinski definition) is 4. The fourth-order valence-corrected chi connectivity index (χ4v) is 3.35. The lowest BCUT2D eigenvalue weighted by atomic mass is 9.94. The fourth-order valence-electron chi connectivity index (χ4n) is 2.27. The van der Waals surface area contributed by atoms with Gasteiger partial charge >= 0.3 is 0 Å². The van der Waals surface area contributed by atoms with Crippen molar-refractivity contribution in [2.45, 2.75) is 56.9 Å². The third-order valence-electron chi connectivity index (χ3n) is 3.61. The molecular weight excluding hydrogens is 312 g/mol. The Morgan fingerprint density at radius 3 is 2.48 bits per heavy atom. The summed E-state index contributed by atoms with van der Waals surface area (Å²) in [6.45, 7) is 3.37. The van der Waals surface area contributed by atoms with E-state index in [0.717, 1.165) is 25.7 Å². The summed E-state index contributed by atoms with van der Waals surface area (Å²) in [5, 5.41) is 0.180. The Morgan fingerprint density at radius 1 is 1.29 bits per heavy atom. The summed E-state index contributed by atoms with van der Waals surface area (Å²) in [4.78, 5) is 4.11. The molecule has 0 spiro atoms. The van der Waals surface area contributed by atoms with Gasteiger partial charge in [-0.25, -0.2) is 18.1 Å². The van der Waals surface area contributed by atoms with Crippen LogP contribution in [0.2, 0.25) is 5.02 Å². The third kappa shape index (κ3) is 4.83. The molecule has 1 aromatic heterocycles. The molecule has 1 aromatic rings. The number of ether oxygens (including phenoxy) is 1. The molecule has 21 heavy (non-hydrogen) atoms. The fraction of sp³-hybridized carbons (Fsp3) is 0.643. The summed E-state index contributed by atoms with van der Waals surface area (Å²) in [5.41, 5.74) is 0. The minimum atomic E-state index is -3.20. The third-order valence-corrected chi connectivity index (χ3v) is 5.74. The molecule has 1 saturated carbocycles. The molecule has 5 nitrogen and oxygen atoms in total. The summed E-state index contributed by atoms with van der Waals surface area (Å²) in [6, 6.07) is 3.50. The van der Waals surface area contributed by atoms with Gasteiger partial charge in [0.25, 0.3) is 0 Å². The highest BCUT2D eigenvalue weighted by atomic mass is 35.5. The van der Waals surface area contributed by atoms with Crippen LogP contribution < -0.4 is 9.46 Å². The molecule has 1 aliphatic rings. The predicted molar refractivity (Wildman–Crippen MR) is 83.1 cm³/mol. The number of hydrogen-bond donors (Lipinski definition) is 1. The van der Waals surface area contributed by atoms with Crippen molar-refractivity contribution in [1.82, 2.24) is 9.71 Å². The summed E-state index contributed by atoms with van der Waals surface area (Å²) >= 11 is 5.78. The first-order valence-electron chi connectivity index (χ1n) is 7.16. The Kier molecular flexibility index (Phi) is 5.46. The van der Waals surface area contributed by atoms with Gasteiger partial charge in [-0.3, -0.25) is 0 Å². The molecule has 1 N–H and O–H groups in total. The molecule has 0 bridgehead atoms. The van der Waals surface area contributed by atoms with Crippen LogP contribution in [0.1, 0.15) is 39.5 Å². The highest BCUT2D eigenvalue weighted by Crippen LogP contribution is 2.24. The summed E-state index contributed by atoms with van der Waals surface area (Å²) in [5.74, 6) is 0.561. The average molecular weight is 333 g/mol. The molecule has 118 valence electrons. The first kappa shape index (κ1) is 16.5. The Balaban J connectivity index is 1.82. The molecular formula is C14H21ClN2O3S. The summed E-state index contributed by atoms with van der Waals surface area (Å²) < 4.78 is 32.2. The molecule has 7 heteroatoms. The van der Waals surface area contributed by atoms with E-state index in [1.54, 1.807) is 32.2 Å². The van der Waals surface area contributed by atoms with E-state index < -0.39 is 15.3 Å². The quantitative estimate of drug-likeness (QED) is 0.900. The van der Waals surface area contributed by atoms with E-state index in [-0.39, 0.29) is 12.1 Å². The smallest absolute Gasteiger partial charge is 0.214 e. The van der Waals surface area contributed by atoms with Gasteiger partial charge in [0.05, 0.1) is 10.3 Å². The zero-order chi connectivity index (χ0) is 15.5. The van der Waals surface area contributed by atoms with Gasteiger partial charge in [0.1, 0.15) is 6.10 Å². The van der Waals surface area contributed by atoms with Crippen LogP contribution >= 0.6 is 11.6 Å². The van der Waals surface area contributed by atoms with Gasteiger partial charge in [-0.1, -0.05) is 11.6 Å². The van der Waals surface area contributed by atoms with Crippen LogP contribution in [0.25, 0.3) is 0 Å². The highest BCUT2D eigenvalue weighted by molar-refractivity contribution is 7.90. The Hall–Kier alpha value is -0.850. The second-order valence-electron chi connectivity index (χ2n) is 5.62. The van der Waals surface area contributed by atoms with Crippen molar-refractivity contribution in [2.75, 3.05) is 0 Å². The van der Waals surface area contributed by atoms with E-state index in [2.05, 4.69) is 9.71 Å². The van der Waals surface area contributed by atoms with Crippen molar-refractivity contribution in [1.29, 1.82) is 0 Å². The number of halogens is 1. The number of nitrogens with one attached hydrogen (secondary N) is 1. The van der Waals surface area contributed by atoms with Crippen LogP contribution in [0, 0.1) is 0 Å². The van der Waals surface area contributed by atoms with Crippen LogP contribution in [-0.4, -0.2) is 30.8 Å². The maximum absolute atomic E-state index is 11.8. The first-order valence-corrected chi connectivity index (χ1v) is 9.08. The minimum Gasteiger partial charge on any atom is -0.474 e. The molecule has 0 saturated heterocycles. The van der Waals surface area contributed by atoms with Crippen LogP contribution in [-0.2, 0) is 10.0 Å². The summed E-state index contributed by atoms with van der Waals surface area (Å²) in [7, 11) is -3.20. The second-order valence-corrected chi connectivity index (χ2v) is 8.32. The maximum atomic E-state index is 11.8. The highest BCUT2D eigenvalue weighted by Gasteiger charge is 2.27. The number of nitrogens with zero attached hydrogens (tertiary/aromatic N) is 1. The van der Waals surface area contributed by atoms with Crippen LogP contribution in [0.3, 0.4) is 0 Å². The van der Waals surface area contributed by atoms with Crippen molar-refractivity contribution < 1.29 is 13.2 Å². The average Bonchev–Trinajstić information content (AvgIpc) is 2.43. The predicted octanol–water partition coefficient (Wildman–Crippen LogP) is 2.75. The van der Waals surface area contributed by atoms with E-state index in [1.165, 1.54) is 0 Å². The lowest BCUT2D eigenvalue weighted by Crippen LogP contribution is -2.42. The second kappa shape index (κ2) is 6.94. The van der Waals surface area contributed by atoms with Gasteiger partial charge < -0.3 is 4.74 Å². The topological polar surface area (TPSA) is 68.3 Å². The van der Waals surface area contributed by atoms with E-state index in [1.807, 2.05) is 0 Å². The molecule has 0 atom stereocenters. The van der Waals surface area contributed by atoms with Gasteiger partial charge in [-0.2, -0.15) is 0 Å². The molecule has 1 heterocycles. The van der Waals surface area contributed by atoms with Crippen LogP contribution in [0.4, 0.5) is 0 Å². The van der Waals surface area contributed by atoms with Crippen molar-refractivity contribution in [2.24, 2.45) is 0 Å². The van der Waals surface area contributed by atoms with Gasteiger partial charge in [0.15, 0.2) is 0 Å². The molecule has 0 aromatic carbocycles. The number of rotatable bonds is 5. The van der Waals surface area contributed by atoms with E-state index >= 15 is 0 Å². The maximum Gasteiger partial charge on any atom is 0.214 e. The Morgan fingerprint density at radius 2 is 1.95 bits per heavy atom. The monoisotopic (exact) mass is 332 g/mol.